The number of nitrogens with zero attached hydrogens (tertiary/aromatic N) is 3. The van der Waals surface area contributed by atoms with Crippen LogP contribution < -0.4 is 9.95 Å². The van der Waals surface area contributed by atoms with Gasteiger partial charge in [-0.3, -0.25) is 4.79 Å². The Kier molecular flexibility index (Phi) is 7.53. The first-order valence-corrected chi connectivity index (χ1v) is 13.4. The fraction of sp³-hybridized carbons (Fsp3) is 0.400. The number of hydrogen-bond acceptors (Lipinski definition) is 7. The highest BCUT2D eigenvalue weighted by Gasteiger charge is 2.38. The minimum atomic E-state index is -3.56. The summed E-state index contributed by atoms with van der Waals surface area (Å²) >= 11 is 6.38. The lowest BCUT2D eigenvalue weighted by molar-refractivity contribution is 0.0633. The van der Waals surface area contributed by atoms with Crippen LogP contribution in [0.1, 0.15) is 17.9 Å². The number of phenols is 1. The second-order valence-electron chi connectivity index (χ2n) is 9.47. The molecule has 9 nitrogen and oxygen atoms in total. The van der Waals surface area contributed by atoms with Crippen molar-refractivity contribution in [1.29, 1.82) is 0 Å². The molecule has 0 aliphatic carbocycles. The third-order valence-corrected chi connectivity index (χ3v) is 9.29. The Balaban J connectivity index is 2.05. The van der Waals surface area contributed by atoms with Crippen molar-refractivity contribution in [3.63, 3.8) is 0 Å². The van der Waals surface area contributed by atoms with E-state index in [1.54, 1.807) is 52.5 Å². The Labute approximate surface area is 215 Å². The van der Waals surface area contributed by atoms with Crippen molar-refractivity contribution in [2.24, 2.45) is 0 Å². The van der Waals surface area contributed by atoms with Crippen molar-refractivity contribution in [2.45, 2.75) is 18.4 Å². The van der Waals surface area contributed by atoms with E-state index in [0.717, 1.165) is 0 Å². The molecule has 0 spiro atoms. The number of benzene rings is 2. The number of likely N-dealkylation sites (N-methyl/N-ethyl adjacent to an activating group) is 1. The molecule has 2 atom stereocenters. The molecule has 2 N–H and O–H groups in total. The summed E-state index contributed by atoms with van der Waals surface area (Å²) in [4.78, 5) is 15.2. The first kappa shape index (κ1) is 26.7. The molecule has 4 rings (SSSR count). The number of likely N-dealkylation sites (tertiary alicyclic amines) is 1. The van der Waals surface area contributed by atoms with E-state index in [0.29, 0.717) is 35.7 Å². The molecule has 11 heteroatoms. The number of phenolic OH excluding ortho intramolecular Hbond substituents is 1. The molecule has 0 saturated carbocycles. The van der Waals surface area contributed by atoms with Crippen molar-refractivity contribution in [2.75, 3.05) is 48.3 Å². The number of aromatic hydroxyl groups is 1. The normalized spacial score (nSPS) is 19.4. The monoisotopic (exact) mass is 535 g/mol. The van der Waals surface area contributed by atoms with E-state index >= 15 is 0 Å². The molecule has 1 saturated heterocycles. The Hall–Kier alpha value is -2.39. The highest BCUT2D eigenvalue weighted by molar-refractivity contribution is 7.54. The summed E-state index contributed by atoms with van der Waals surface area (Å²) in [5.74, 6) is -0.572. The Bertz CT molecular complexity index is 1380. The van der Waals surface area contributed by atoms with E-state index in [-0.39, 0.29) is 28.2 Å². The molecule has 194 valence electrons. The van der Waals surface area contributed by atoms with Crippen LogP contribution in [0.2, 0.25) is 5.02 Å². The van der Waals surface area contributed by atoms with Crippen LogP contribution in [0.5, 0.6) is 11.5 Å². The number of piperidine rings is 1. The van der Waals surface area contributed by atoms with Crippen molar-refractivity contribution in [3.8, 4) is 22.8 Å². The van der Waals surface area contributed by atoms with Crippen LogP contribution in [0.3, 0.4) is 0 Å². The molecule has 1 aromatic heterocycles. The van der Waals surface area contributed by atoms with Gasteiger partial charge in [-0.05, 0) is 60.3 Å². The van der Waals surface area contributed by atoms with Crippen LogP contribution >= 0.6 is 19.3 Å². The average molecular weight is 536 g/mol. The number of fused-ring (bicyclic) bond motifs is 1. The maximum absolute atomic E-state index is 13.8. The number of aliphatic hydroxyl groups excluding tert-OH is 1. The zero-order chi connectivity index (χ0) is 26.4. The van der Waals surface area contributed by atoms with Gasteiger partial charge in [0, 0.05) is 35.7 Å². The summed E-state index contributed by atoms with van der Waals surface area (Å²) in [7, 11) is 4.86. The second kappa shape index (κ2) is 10.2. The van der Waals surface area contributed by atoms with Gasteiger partial charge in [0.15, 0.2) is 5.43 Å². The molecule has 36 heavy (non-hydrogen) atoms. The van der Waals surface area contributed by atoms with E-state index in [1.165, 1.54) is 21.5 Å². The molecule has 0 bridgehead atoms. The fourth-order valence-corrected chi connectivity index (χ4v) is 6.29. The van der Waals surface area contributed by atoms with Crippen LogP contribution in [-0.2, 0) is 4.57 Å². The maximum Gasteiger partial charge on any atom is 0.394 e. The first-order valence-electron chi connectivity index (χ1n) is 11.5. The average Bonchev–Trinajstić information content (AvgIpc) is 2.79. The third-order valence-electron chi connectivity index (χ3n) is 6.51. The van der Waals surface area contributed by atoms with Crippen molar-refractivity contribution in [3.05, 3.63) is 57.2 Å². The van der Waals surface area contributed by atoms with Crippen LogP contribution in [0.25, 0.3) is 22.3 Å². The summed E-state index contributed by atoms with van der Waals surface area (Å²) in [6, 6.07) is 9.52. The zero-order valence-electron chi connectivity index (χ0n) is 20.9. The smallest absolute Gasteiger partial charge is 0.394 e. The standard InChI is InChI=1S/C25H31ClN3O6P/c1-27(2)36(33,28(3)4)35-22-13-19(31)24-18(30)12-21(15-8-6-7-9-17(15)26)34-25(24)23(22)16-10-11-29(5)14-20(16)32/h6-9,12-13,16,20,31-32H,10-11,14H2,1-5H3/t16-,20+/m0/s1. The van der Waals surface area contributed by atoms with Gasteiger partial charge in [0.05, 0.1) is 11.1 Å². The van der Waals surface area contributed by atoms with Crippen molar-refractivity contribution >= 4 is 30.2 Å². The van der Waals surface area contributed by atoms with Gasteiger partial charge < -0.3 is 24.1 Å². The van der Waals surface area contributed by atoms with E-state index in [4.69, 9.17) is 20.5 Å². The fourth-order valence-electron chi connectivity index (χ4n) is 4.61. The predicted molar refractivity (Wildman–Crippen MR) is 141 cm³/mol. The minimum Gasteiger partial charge on any atom is -0.507 e. The molecular weight excluding hydrogens is 505 g/mol. The molecule has 2 heterocycles. The molecule has 1 aliphatic heterocycles. The summed E-state index contributed by atoms with van der Waals surface area (Å²) in [6.45, 7) is 1.07. The van der Waals surface area contributed by atoms with Crippen molar-refractivity contribution in [1.82, 2.24) is 14.2 Å². The number of aliphatic hydroxyl groups is 1. The Morgan fingerprint density at radius 2 is 1.83 bits per heavy atom. The molecule has 1 fully saturated rings. The first-order chi connectivity index (χ1) is 16.9. The van der Waals surface area contributed by atoms with Gasteiger partial charge in [-0.15, -0.1) is 0 Å². The van der Waals surface area contributed by atoms with Crippen LogP contribution in [0.4, 0.5) is 0 Å². The number of rotatable bonds is 6. The predicted octanol–water partition coefficient (Wildman–Crippen LogP) is 4.21. The Morgan fingerprint density at radius 1 is 1.17 bits per heavy atom. The third kappa shape index (κ3) is 4.79. The lowest BCUT2D eigenvalue weighted by atomic mass is 9.85. The van der Waals surface area contributed by atoms with E-state index in [1.807, 2.05) is 11.9 Å². The molecule has 3 aromatic rings. The van der Waals surface area contributed by atoms with Crippen LogP contribution in [-0.4, -0.2) is 78.9 Å². The molecule has 0 unspecified atom stereocenters. The summed E-state index contributed by atoms with van der Waals surface area (Å²) in [6.07, 6.45) is -0.284. The number of β-amino-alcohol motifs (C(OH)–C–C–N with tert-alkyl or cyclic N) is 1. The molecular formula is C25H31ClN3O6P. The van der Waals surface area contributed by atoms with Gasteiger partial charge in [-0.25, -0.2) is 13.9 Å². The number of hydrogen-bond donors (Lipinski definition) is 2. The van der Waals surface area contributed by atoms with Gasteiger partial charge in [0.1, 0.15) is 28.2 Å². The summed E-state index contributed by atoms with van der Waals surface area (Å²) < 4.78 is 29.1. The lowest BCUT2D eigenvalue weighted by Crippen LogP contribution is -2.40. The molecule has 0 amide bonds. The SMILES string of the molecule is CN1CC[C@H](c2c(OP(=O)(N(C)C)N(C)C)cc(O)c3c(=O)cc(-c4ccccc4Cl)oc23)[C@H](O)C1. The maximum atomic E-state index is 13.8. The zero-order valence-corrected chi connectivity index (χ0v) is 22.6. The van der Waals surface area contributed by atoms with Gasteiger partial charge >= 0.3 is 7.67 Å². The number of halogens is 1. The quantitative estimate of drug-likeness (QED) is 0.449. The molecule has 2 aromatic carbocycles. The van der Waals surface area contributed by atoms with Crippen LogP contribution in [0, 0.1) is 0 Å². The topological polar surface area (TPSA) is 107 Å². The largest absolute Gasteiger partial charge is 0.507 e. The van der Waals surface area contributed by atoms with Gasteiger partial charge in [0.25, 0.3) is 0 Å². The lowest BCUT2D eigenvalue weighted by Gasteiger charge is -2.36. The van der Waals surface area contributed by atoms with E-state index in [2.05, 4.69) is 0 Å². The van der Waals surface area contributed by atoms with Crippen LogP contribution in [0.15, 0.2) is 45.6 Å². The summed E-state index contributed by atoms with van der Waals surface area (Å²) in [5, 5.41) is 22.3. The Morgan fingerprint density at radius 3 is 2.44 bits per heavy atom. The van der Waals surface area contributed by atoms with Gasteiger partial charge in [-0.1, -0.05) is 23.7 Å². The van der Waals surface area contributed by atoms with E-state index in [9.17, 15) is 19.6 Å². The van der Waals surface area contributed by atoms with E-state index < -0.39 is 25.1 Å². The second-order valence-corrected chi connectivity index (χ2v) is 12.6. The van der Waals surface area contributed by atoms with Gasteiger partial charge in [0.2, 0.25) is 0 Å². The minimum absolute atomic E-state index is 0.0381. The molecule has 1 aliphatic rings. The highest BCUT2D eigenvalue weighted by atomic mass is 35.5. The molecule has 0 radical (unpaired) electrons. The van der Waals surface area contributed by atoms with Crippen molar-refractivity contribution < 1.29 is 23.7 Å². The highest BCUT2D eigenvalue weighted by Crippen LogP contribution is 2.54. The van der Waals surface area contributed by atoms with Gasteiger partial charge in [-0.2, -0.15) is 0 Å². The summed E-state index contributed by atoms with van der Waals surface area (Å²) in [5.41, 5.74) is 0.497.